The van der Waals surface area contributed by atoms with Crippen LogP contribution in [-0.2, 0) is 9.59 Å². The first-order chi connectivity index (χ1) is 12.1. The molecule has 1 aromatic rings. The van der Waals surface area contributed by atoms with E-state index >= 15 is 0 Å². The Kier molecular flexibility index (Phi) is 8.32. The molecule has 1 aliphatic rings. The lowest BCUT2D eigenvalue weighted by atomic mass is 9.97. The Morgan fingerprint density at radius 2 is 2.00 bits per heavy atom. The highest BCUT2D eigenvalue weighted by Gasteiger charge is 2.27. The Balaban J connectivity index is 1.65. The van der Waals surface area contributed by atoms with Gasteiger partial charge in [0.2, 0.25) is 11.8 Å². The van der Waals surface area contributed by atoms with Gasteiger partial charge in [-0.15, -0.1) is 11.8 Å². The van der Waals surface area contributed by atoms with Crippen molar-refractivity contribution in [2.75, 3.05) is 16.8 Å². The molecule has 0 bridgehead atoms. The molecule has 2 rings (SSSR count). The number of thioether (sulfide) groups is 1. The minimum Gasteiger partial charge on any atom is -0.352 e. The summed E-state index contributed by atoms with van der Waals surface area (Å²) < 4.78 is 0. The number of carbonyl (C=O) groups excluding carboxylic acids is 2. The van der Waals surface area contributed by atoms with Gasteiger partial charge in [-0.2, -0.15) is 0 Å². The molecular weight excluding hydrogens is 332 g/mol. The second kappa shape index (κ2) is 10.5. The fourth-order valence-corrected chi connectivity index (χ4v) is 4.07. The number of nitrogens with one attached hydrogen (secondary N) is 2. The van der Waals surface area contributed by atoms with E-state index in [-0.39, 0.29) is 11.8 Å². The Hall–Kier alpha value is -1.49. The van der Waals surface area contributed by atoms with Gasteiger partial charge in [0.25, 0.3) is 0 Å². The molecule has 4 nitrogen and oxygen atoms in total. The molecule has 1 aliphatic carbocycles. The van der Waals surface area contributed by atoms with Crippen LogP contribution in [0.1, 0.15) is 51.0 Å². The molecule has 0 radical (unpaired) electrons. The smallest absolute Gasteiger partial charge is 0.234 e. The van der Waals surface area contributed by atoms with Gasteiger partial charge in [0, 0.05) is 11.7 Å². The largest absolute Gasteiger partial charge is 0.352 e. The monoisotopic (exact) mass is 362 g/mol. The van der Waals surface area contributed by atoms with E-state index < -0.39 is 0 Å². The number of anilines is 1. The molecule has 25 heavy (non-hydrogen) atoms. The molecule has 2 amide bonds. The highest BCUT2D eigenvalue weighted by atomic mass is 32.2. The maximum atomic E-state index is 12.1. The molecule has 138 valence electrons. The van der Waals surface area contributed by atoms with Crippen molar-refractivity contribution in [1.82, 2.24) is 5.32 Å². The maximum absolute atomic E-state index is 12.1. The van der Waals surface area contributed by atoms with Crippen molar-refractivity contribution in [3.05, 3.63) is 29.8 Å². The Bertz CT molecular complexity index is 577. The summed E-state index contributed by atoms with van der Waals surface area (Å²) in [6.07, 6.45) is 7.21. The zero-order valence-corrected chi connectivity index (χ0v) is 16.2. The third-order valence-corrected chi connectivity index (χ3v) is 5.63. The lowest BCUT2D eigenvalue weighted by Gasteiger charge is -2.20. The van der Waals surface area contributed by atoms with E-state index in [2.05, 4.69) is 17.6 Å². The van der Waals surface area contributed by atoms with Crippen LogP contribution in [0.25, 0.3) is 0 Å². The zero-order chi connectivity index (χ0) is 18.1. The number of aryl methyl sites for hydroxylation is 1. The summed E-state index contributed by atoms with van der Waals surface area (Å²) in [6.45, 7) is 4.20. The number of hydrogen-bond donors (Lipinski definition) is 2. The van der Waals surface area contributed by atoms with E-state index in [4.69, 9.17) is 0 Å². The van der Waals surface area contributed by atoms with Crippen molar-refractivity contribution >= 4 is 29.3 Å². The molecule has 0 heterocycles. The molecule has 0 aromatic heterocycles. The summed E-state index contributed by atoms with van der Waals surface area (Å²) in [4.78, 5) is 24.1. The Morgan fingerprint density at radius 3 is 2.76 bits per heavy atom. The van der Waals surface area contributed by atoms with Gasteiger partial charge < -0.3 is 10.6 Å². The van der Waals surface area contributed by atoms with Crippen LogP contribution >= 0.6 is 11.8 Å². The standard InChI is InChI=1S/C20H30N2O2S/c1-3-4-8-16-9-6-11-18(16)22-20(24)14-25-13-19(23)21-17-10-5-7-15(2)12-17/h5,7,10,12,16,18H,3-4,6,8-9,11,13-14H2,1-2H3,(H,21,23)(H,22,24). The van der Waals surface area contributed by atoms with Crippen molar-refractivity contribution in [2.45, 2.75) is 58.4 Å². The summed E-state index contributed by atoms with van der Waals surface area (Å²) in [5.74, 6) is 1.27. The van der Waals surface area contributed by atoms with Crippen LogP contribution < -0.4 is 10.6 Å². The van der Waals surface area contributed by atoms with Crippen molar-refractivity contribution in [3.8, 4) is 0 Å². The Labute approximate surface area is 155 Å². The maximum Gasteiger partial charge on any atom is 0.234 e. The van der Waals surface area contributed by atoms with Gasteiger partial charge in [-0.1, -0.05) is 38.3 Å². The molecule has 1 fully saturated rings. The zero-order valence-electron chi connectivity index (χ0n) is 15.3. The van der Waals surface area contributed by atoms with E-state index in [0.29, 0.717) is 23.5 Å². The molecule has 0 aliphatic heterocycles. The molecule has 0 spiro atoms. The van der Waals surface area contributed by atoms with Crippen molar-refractivity contribution < 1.29 is 9.59 Å². The van der Waals surface area contributed by atoms with Crippen molar-refractivity contribution in [2.24, 2.45) is 5.92 Å². The van der Waals surface area contributed by atoms with Gasteiger partial charge in [-0.05, 0) is 49.8 Å². The van der Waals surface area contributed by atoms with Gasteiger partial charge >= 0.3 is 0 Å². The van der Waals surface area contributed by atoms with Crippen molar-refractivity contribution in [1.29, 1.82) is 0 Å². The summed E-state index contributed by atoms with van der Waals surface area (Å²) in [5, 5.41) is 6.05. The van der Waals surface area contributed by atoms with Crippen LogP contribution in [0.3, 0.4) is 0 Å². The summed E-state index contributed by atoms with van der Waals surface area (Å²) >= 11 is 1.37. The van der Waals surface area contributed by atoms with E-state index in [0.717, 1.165) is 17.7 Å². The first-order valence-electron chi connectivity index (χ1n) is 9.32. The summed E-state index contributed by atoms with van der Waals surface area (Å²) in [7, 11) is 0. The molecule has 1 aromatic carbocycles. The minimum absolute atomic E-state index is 0.0572. The van der Waals surface area contributed by atoms with Crippen LogP contribution in [0.4, 0.5) is 5.69 Å². The number of amides is 2. The lowest BCUT2D eigenvalue weighted by Crippen LogP contribution is -2.38. The fourth-order valence-electron chi connectivity index (χ4n) is 3.44. The van der Waals surface area contributed by atoms with Crippen LogP contribution in [0, 0.1) is 12.8 Å². The summed E-state index contributed by atoms with van der Waals surface area (Å²) in [6, 6.07) is 8.05. The van der Waals surface area contributed by atoms with Crippen LogP contribution in [0.2, 0.25) is 0 Å². The van der Waals surface area contributed by atoms with E-state index in [1.165, 1.54) is 43.9 Å². The number of carbonyl (C=O) groups is 2. The second-order valence-electron chi connectivity index (χ2n) is 6.92. The van der Waals surface area contributed by atoms with Crippen molar-refractivity contribution in [3.63, 3.8) is 0 Å². The van der Waals surface area contributed by atoms with Crippen LogP contribution in [0.15, 0.2) is 24.3 Å². The van der Waals surface area contributed by atoms with Gasteiger partial charge in [0.15, 0.2) is 0 Å². The normalized spacial score (nSPS) is 19.6. The SMILES string of the molecule is CCCCC1CCCC1NC(=O)CSCC(=O)Nc1cccc(C)c1. The van der Waals surface area contributed by atoms with E-state index in [9.17, 15) is 9.59 Å². The molecule has 2 atom stereocenters. The third kappa shape index (κ3) is 7.10. The lowest BCUT2D eigenvalue weighted by molar-refractivity contribution is -0.119. The Morgan fingerprint density at radius 1 is 1.20 bits per heavy atom. The molecule has 2 N–H and O–H groups in total. The average molecular weight is 363 g/mol. The predicted molar refractivity (Wildman–Crippen MR) is 106 cm³/mol. The van der Waals surface area contributed by atoms with Crippen LogP contribution in [0.5, 0.6) is 0 Å². The third-order valence-electron chi connectivity index (χ3n) is 4.70. The van der Waals surface area contributed by atoms with Gasteiger partial charge in [-0.25, -0.2) is 0 Å². The molecular formula is C20H30N2O2S. The van der Waals surface area contributed by atoms with Crippen LogP contribution in [-0.4, -0.2) is 29.4 Å². The molecule has 1 saturated carbocycles. The minimum atomic E-state index is -0.0647. The topological polar surface area (TPSA) is 58.2 Å². The molecule has 5 heteroatoms. The first kappa shape index (κ1) is 19.8. The average Bonchev–Trinajstić information content (AvgIpc) is 2.99. The fraction of sp³-hybridized carbons (Fsp3) is 0.600. The quantitative estimate of drug-likeness (QED) is 0.694. The number of rotatable bonds is 9. The van der Waals surface area contributed by atoms with Gasteiger partial charge in [0.1, 0.15) is 0 Å². The number of benzene rings is 1. The predicted octanol–water partition coefficient (Wildman–Crippen LogP) is 4.14. The second-order valence-corrected chi connectivity index (χ2v) is 7.90. The van der Waals surface area contributed by atoms with Gasteiger partial charge in [-0.3, -0.25) is 9.59 Å². The highest BCUT2D eigenvalue weighted by molar-refractivity contribution is 8.00. The molecule has 0 saturated heterocycles. The number of unbranched alkanes of at least 4 members (excludes halogenated alkanes) is 1. The highest BCUT2D eigenvalue weighted by Crippen LogP contribution is 2.29. The molecule has 2 unspecified atom stereocenters. The number of hydrogen-bond acceptors (Lipinski definition) is 3. The first-order valence-corrected chi connectivity index (χ1v) is 10.5. The van der Waals surface area contributed by atoms with E-state index in [1.54, 1.807) is 0 Å². The van der Waals surface area contributed by atoms with E-state index in [1.807, 2.05) is 31.2 Å². The van der Waals surface area contributed by atoms with Gasteiger partial charge in [0.05, 0.1) is 11.5 Å². The summed E-state index contributed by atoms with van der Waals surface area (Å²) in [5.41, 5.74) is 1.92.